The minimum Gasteiger partial charge on any atom is -0.361 e. The number of nitrogens with one attached hydrogen (secondary N) is 1. The SMILES string of the molecule is C[C@@H](Nc1nn(C)c(=O)c2c(-c3cnc(C(F)(F)F)nc3)c(=O)n(C3(C)CC3)cc12)c1cccc(C(F)(F)F)c1F. The van der Waals surface area contributed by atoms with Crippen molar-refractivity contribution in [2.45, 2.75) is 50.6 Å². The summed E-state index contributed by atoms with van der Waals surface area (Å²) in [6, 6.07) is 1.73. The molecule has 216 valence electrons. The van der Waals surface area contributed by atoms with Crippen LogP contribution in [0.1, 0.15) is 49.7 Å². The third kappa shape index (κ3) is 4.93. The van der Waals surface area contributed by atoms with Crippen molar-refractivity contribution < 1.29 is 30.7 Å². The van der Waals surface area contributed by atoms with E-state index >= 15 is 0 Å². The molecule has 1 atom stereocenters. The molecule has 3 heterocycles. The number of hydrogen-bond donors (Lipinski definition) is 1. The smallest absolute Gasteiger partial charge is 0.361 e. The molecular weight excluding hydrogens is 561 g/mol. The summed E-state index contributed by atoms with van der Waals surface area (Å²) in [6.07, 6.45) is -5.65. The first-order valence-electron chi connectivity index (χ1n) is 12.2. The Balaban J connectivity index is 1.74. The fourth-order valence-corrected chi connectivity index (χ4v) is 4.61. The van der Waals surface area contributed by atoms with Crippen LogP contribution in [0.3, 0.4) is 0 Å². The molecule has 0 saturated heterocycles. The van der Waals surface area contributed by atoms with Gasteiger partial charge in [0, 0.05) is 47.7 Å². The van der Waals surface area contributed by atoms with Gasteiger partial charge in [-0.3, -0.25) is 9.59 Å². The van der Waals surface area contributed by atoms with Gasteiger partial charge in [0.25, 0.3) is 11.1 Å². The van der Waals surface area contributed by atoms with Crippen LogP contribution in [-0.2, 0) is 24.9 Å². The van der Waals surface area contributed by atoms with Crippen LogP contribution >= 0.6 is 0 Å². The van der Waals surface area contributed by atoms with E-state index in [1.165, 1.54) is 30.8 Å². The summed E-state index contributed by atoms with van der Waals surface area (Å²) in [5.74, 6) is -3.00. The fourth-order valence-electron chi connectivity index (χ4n) is 4.61. The second kappa shape index (κ2) is 9.38. The predicted molar refractivity (Wildman–Crippen MR) is 134 cm³/mol. The normalized spacial score (nSPS) is 15.7. The van der Waals surface area contributed by atoms with E-state index in [1.54, 1.807) is 6.92 Å². The van der Waals surface area contributed by atoms with Gasteiger partial charge in [-0.05, 0) is 32.8 Å². The molecule has 4 aromatic rings. The molecule has 0 spiro atoms. The summed E-state index contributed by atoms with van der Waals surface area (Å²) in [5.41, 5.74) is -4.32. The van der Waals surface area contributed by atoms with E-state index in [1.807, 2.05) is 0 Å². The molecule has 1 aliphatic rings. The molecule has 1 aromatic carbocycles. The fraction of sp³-hybridized carbons (Fsp3) is 0.346. The monoisotopic (exact) mass is 582 g/mol. The standard InChI is InChI=1S/C26H21F7N6O2/c1-12(14-5-4-6-16(19(14)27)25(28,29)30)36-20-15-11-39(24(2)7-8-24)22(41)17(18(15)21(40)38(3)37-20)13-9-34-23(35-10-13)26(31,32)33/h4-6,9-12H,7-8H2,1-3H3,(H,36,37)/t12-/m1/s1. The molecular formula is C26H21F7N6O2. The Morgan fingerprint density at radius 1 is 1.00 bits per heavy atom. The van der Waals surface area contributed by atoms with Gasteiger partial charge in [-0.25, -0.2) is 19.0 Å². The molecule has 3 aromatic heterocycles. The number of alkyl halides is 6. The minimum absolute atomic E-state index is 0.0509. The van der Waals surface area contributed by atoms with E-state index in [0.29, 0.717) is 18.9 Å². The molecule has 0 bridgehead atoms. The lowest BCUT2D eigenvalue weighted by Gasteiger charge is -2.22. The Bertz CT molecular complexity index is 1790. The van der Waals surface area contributed by atoms with Crippen LogP contribution < -0.4 is 16.4 Å². The van der Waals surface area contributed by atoms with Crippen molar-refractivity contribution in [3.8, 4) is 11.1 Å². The Morgan fingerprint density at radius 3 is 2.20 bits per heavy atom. The van der Waals surface area contributed by atoms with Crippen molar-refractivity contribution in [1.82, 2.24) is 24.3 Å². The molecule has 5 rings (SSSR count). The van der Waals surface area contributed by atoms with Crippen molar-refractivity contribution >= 4 is 16.6 Å². The van der Waals surface area contributed by atoms with Crippen LogP contribution in [0, 0.1) is 5.82 Å². The maximum absolute atomic E-state index is 14.9. The van der Waals surface area contributed by atoms with Crippen molar-refractivity contribution in [2.24, 2.45) is 7.05 Å². The van der Waals surface area contributed by atoms with Gasteiger partial charge in [0.2, 0.25) is 5.82 Å². The van der Waals surface area contributed by atoms with Crippen LogP contribution in [0.5, 0.6) is 0 Å². The van der Waals surface area contributed by atoms with E-state index in [9.17, 15) is 40.3 Å². The number of fused-ring (bicyclic) bond motifs is 1. The van der Waals surface area contributed by atoms with E-state index in [0.717, 1.165) is 23.1 Å². The summed E-state index contributed by atoms with van der Waals surface area (Å²) >= 11 is 0. The van der Waals surface area contributed by atoms with Crippen molar-refractivity contribution in [2.75, 3.05) is 5.32 Å². The second-order valence-electron chi connectivity index (χ2n) is 10.1. The topological polar surface area (TPSA) is 94.7 Å². The third-order valence-electron chi connectivity index (χ3n) is 7.13. The number of aromatic nitrogens is 5. The van der Waals surface area contributed by atoms with Gasteiger partial charge in [-0.15, -0.1) is 0 Å². The van der Waals surface area contributed by atoms with Crippen LogP contribution in [0.4, 0.5) is 36.6 Å². The van der Waals surface area contributed by atoms with Gasteiger partial charge in [0.1, 0.15) is 5.82 Å². The molecule has 8 nitrogen and oxygen atoms in total. The van der Waals surface area contributed by atoms with Gasteiger partial charge in [0.15, 0.2) is 5.82 Å². The first-order chi connectivity index (χ1) is 19.0. The lowest BCUT2D eigenvalue weighted by molar-refractivity contribution is -0.145. The Kier molecular flexibility index (Phi) is 6.46. The lowest BCUT2D eigenvalue weighted by Crippen LogP contribution is -2.32. The molecule has 41 heavy (non-hydrogen) atoms. The molecule has 1 fully saturated rings. The summed E-state index contributed by atoms with van der Waals surface area (Å²) in [4.78, 5) is 33.6. The van der Waals surface area contributed by atoms with Gasteiger partial charge in [-0.2, -0.15) is 31.4 Å². The van der Waals surface area contributed by atoms with Gasteiger partial charge >= 0.3 is 12.4 Å². The summed E-state index contributed by atoms with van der Waals surface area (Å²) in [6.45, 7) is 3.16. The molecule has 0 aliphatic heterocycles. The number of aryl methyl sites for hydroxylation is 1. The highest BCUT2D eigenvalue weighted by molar-refractivity contribution is 6.00. The number of anilines is 1. The zero-order valence-corrected chi connectivity index (χ0v) is 21.7. The molecule has 0 unspecified atom stereocenters. The van der Waals surface area contributed by atoms with Gasteiger partial charge in [-0.1, -0.05) is 12.1 Å². The predicted octanol–water partition coefficient (Wildman–Crippen LogP) is 5.41. The Morgan fingerprint density at radius 2 is 1.63 bits per heavy atom. The Labute approximate surface area is 226 Å². The van der Waals surface area contributed by atoms with E-state index in [4.69, 9.17) is 0 Å². The quantitative estimate of drug-likeness (QED) is 0.317. The number of rotatable bonds is 5. The summed E-state index contributed by atoms with van der Waals surface area (Å²) < 4.78 is 96.2. The molecule has 0 radical (unpaired) electrons. The molecule has 1 aliphatic carbocycles. The molecule has 1 N–H and O–H groups in total. The Hall–Kier alpha value is -4.30. The second-order valence-corrected chi connectivity index (χ2v) is 10.1. The molecule has 0 amide bonds. The first-order valence-corrected chi connectivity index (χ1v) is 12.2. The zero-order chi connectivity index (χ0) is 30.1. The third-order valence-corrected chi connectivity index (χ3v) is 7.13. The van der Waals surface area contributed by atoms with E-state index < -0.39 is 52.3 Å². The van der Waals surface area contributed by atoms with Gasteiger partial charge < -0.3 is 9.88 Å². The molecule has 15 heteroatoms. The minimum atomic E-state index is -4.93. The highest BCUT2D eigenvalue weighted by Gasteiger charge is 2.41. The maximum atomic E-state index is 14.9. The van der Waals surface area contributed by atoms with Crippen LogP contribution in [0.2, 0.25) is 0 Å². The first kappa shape index (κ1) is 28.2. The summed E-state index contributed by atoms with van der Waals surface area (Å²) in [5, 5.41) is 6.84. The number of hydrogen-bond acceptors (Lipinski definition) is 6. The number of pyridine rings is 1. The largest absolute Gasteiger partial charge is 0.451 e. The van der Waals surface area contributed by atoms with Crippen molar-refractivity contribution in [1.29, 1.82) is 0 Å². The van der Waals surface area contributed by atoms with E-state index in [-0.39, 0.29) is 33.3 Å². The number of benzene rings is 1. The maximum Gasteiger partial charge on any atom is 0.451 e. The highest BCUT2D eigenvalue weighted by Crippen LogP contribution is 2.43. The van der Waals surface area contributed by atoms with Crippen molar-refractivity contribution in [3.63, 3.8) is 0 Å². The van der Waals surface area contributed by atoms with Gasteiger partial charge in [0.05, 0.1) is 22.6 Å². The highest BCUT2D eigenvalue weighted by atomic mass is 19.4. The van der Waals surface area contributed by atoms with E-state index in [2.05, 4.69) is 20.4 Å². The summed E-state index contributed by atoms with van der Waals surface area (Å²) in [7, 11) is 1.25. The lowest BCUT2D eigenvalue weighted by atomic mass is 10.0. The van der Waals surface area contributed by atoms with Crippen LogP contribution in [-0.4, -0.2) is 24.3 Å². The average Bonchev–Trinajstić information content (AvgIpc) is 3.63. The van der Waals surface area contributed by atoms with Crippen LogP contribution in [0.15, 0.2) is 46.4 Å². The number of halogens is 7. The van der Waals surface area contributed by atoms with Crippen LogP contribution in [0.25, 0.3) is 21.9 Å². The zero-order valence-electron chi connectivity index (χ0n) is 21.7. The van der Waals surface area contributed by atoms with Crippen molar-refractivity contribution in [3.05, 3.63) is 80.3 Å². The number of nitrogens with zero attached hydrogens (tertiary/aromatic N) is 5. The average molecular weight is 582 g/mol. The molecule has 1 saturated carbocycles.